The molecular weight excluding hydrogens is 210 g/mol. The molecule has 2 N–H and O–H groups in total. The van der Waals surface area contributed by atoms with Crippen LogP contribution in [0.15, 0.2) is 12.4 Å². The Labute approximate surface area is 105 Å². The number of rotatable bonds is 10. The Hall–Kier alpha value is -0.830. The molecule has 1 rings (SSSR count). The van der Waals surface area contributed by atoms with Gasteiger partial charge in [0.2, 0.25) is 0 Å². The van der Waals surface area contributed by atoms with Crippen molar-refractivity contribution in [2.24, 2.45) is 5.92 Å². The zero-order chi connectivity index (χ0) is 12.3. The second kappa shape index (κ2) is 9.23. The van der Waals surface area contributed by atoms with Gasteiger partial charge in [0.15, 0.2) is 0 Å². The molecule has 0 saturated heterocycles. The van der Waals surface area contributed by atoms with Gasteiger partial charge in [-0.15, -0.1) is 0 Å². The lowest BCUT2D eigenvalue weighted by Crippen LogP contribution is -2.24. The first kappa shape index (κ1) is 14.2. The second-order valence-corrected chi connectivity index (χ2v) is 4.76. The Morgan fingerprint density at radius 2 is 2.24 bits per heavy atom. The van der Waals surface area contributed by atoms with Gasteiger partial charge < -0.3 is 10.3 Å². The van der Waals surface area contributed by atoms with Gasteiger partial charge in [0.05, 0.1) is 0 Å². The number of H-pyrrole nitrogens is 1. The van der Waals surface area contributed by atoms with Crippen molar-refractivity contribution in [1.29, 1.82) is 0 Å². The summed E-state index contributed by atoms with van der Waals surface area (Å²) in [6.45, 7) is 6.84. The van der Waals surface area contributed by atoms with E-state index in [1.807, 2.05) is 12.4 Å². The number of imidazole rings is 1. The van der Waals surface area contributed by atoms with Crippen LogP contribution in [-0.2, 0) is 6.42 Å². The SMILES string of the molecule is CCCCC(CC)CNCCCc1ncc[nH]1. The van der Waals surface area contributed by atoms with Gasteiger partial charge >= 0.3 is 0 Å². The summed E-state index contributed by atoms with van der Waals surface area (Å²) < 4.78 is 0. The molecule has 1 heterocycles. The third kappa shape index (κ3) is 6.47. The summed E-state index contributed by atoms with van der Waals surface area (Å²) in [6, 6.07) is 0. The van der Waals surface area contributed by atoms with E-state index in [1.165, 1.54) is 32.2 Å². The van der Waals surface area contributed by atoms with Crippen molar-refractivity contribution in [2.45, 2.75) is 52.4 Å². The van der Waals surface area contributed by atoms with E-state index in [4.69, 9.17) is 0 Å². The molecule has 0 bridgehead atoms. The van der Waals surface area contributed by atoms with Crippen molar-refractivity contribution in [3.05, 3.63) is 18.2 Å². The number of hydrogen-bond donors (Lipinski definition) is 2. The van der Waals surface area contributed by atoms with Crippen molar-refractivity contribution in [1.82, 2.24) is 15.3 Å². The first-order valence-electron chi connectivity index (χ1n) is 7.05. The van der Waals surface area contributed by atoms with Crippen LogP contribution >= 0.6 is 0 Å². The van der Waals surface area contributed by atoms with Crippen LogP contribution in [0.3, 0.4) is 0 Å². The van der Waals surface area contributed by atoms with Crippen LogP contribution in [-0.4, -0.2) is 23.1 Å². The number of hydrogen-bond acceptors (Lipinski definition) is 2. The van der Waals surface area contributed by atoms with E-state index in [0.29, 0.717) is 0 Å². The number of unbranched alkanes of at least 4 members (excludes halogenated alkanes) is 1. The number of nitrogens with one attached hydrogen (secondary N) is 2. The summed E-state index contributed by atoms with van der Waals surface area (Å²) in [5.74, 6) is 1.96. The average molecular weight is 237 g/mol. The maximum absolute atomic E-state index is 4.22. The fraction of sp³-hybridized carbons (Fsp3) is 0.786. The Bertz CT molecular complexity index is 256. The maximum Gasteiger partial charge on any atom is 0.106 e. The number of aryl methyl sites for hydroxylation is 1. The molecule has 0 radical (unpaired) electrons. The smallest absolute Gasteiger partial charge is 0.106 e. The molecule has 0 aliphatic rings. The molecule has 17 heavy (non-hydrogen) atoms. The lowest BCUT2D eigenvalue weighted by Gasteiger charge is -2.15. The van der Waals surface area contributed by atoms with Gasteiger partial charge in [-0.05, 0) is 31.8 Å². The molecule has 0 spiro atoms. The summed E-state index contributed by atoms with van der Waals surface area (Å²) in [5, 5.41) is 3.57. The molecular formula is C14H27N3. The highest BCUT2D eigenvalue weighted by Gasteiger charge is 2.04. The van der Waals surface area contributed by atoms with E-state index < -0.39 is 0 Å². The summed E-state index contributed by atoms with van der Waals surface area (Å²) >= 11 is 0. The summed E-state index contributed by atoms with van der Waals surface area (Å²) in [4.78, 5) is 7.36. The van der Waals surface area contributed by atoms with Gasteiger partial charge in [0.25, 0.3) is 0 Å². The van der Waals surface area contributed by atoms with Gasteiger partial charge in [0, 0.05) is 18.8 Å². The van der Waals surface area contributed by atoms with Crippen LogP contribution < -0.4 is 5.32 Å². The summed E-state index contributed by atoms with van der Waals surface area (Å²) in [6.07, 6.45) is 11.3. The standard InChI is InChI=1S/C14H27N3/c1-3-5-7-13(4-2)12-15-9-6-8-14-16-10-11-17-14/h10-11,13,15H,3-9,12H2,1-2H3,(H,16,17). The highest BCUT2D eigenvalue weighted by Crippen LogP contribution is 2.11. The summed E-state index contributed by atoms with van der Waals surface area (Å²) in [5.41, 5.74) is 0. The molecule has 0 fully saturated rings. The van der Waals surface area contributed by atoms with Crippen molar-refractivity contribution in [3.8, 4) is 0 Å². The monoisotopic (exact) mass is 237 g/mol. The lowest BCUT2D eigenvalue weighted by atomic mass is 9.99. The molecule has 1 aromatic heterocycles. The lowest BCUT2D eigenvalue weighted by molar-refractivity contribution is 0.418. The zero-order valence-corrected chi connectivity index (χ0v) is 11.3. The Morgan fingerprint density at radius 1 is 1.35 bits per heavy atom. The fourth-order valence-electron chi connectivity index (χ4n) is 2.07. The topological polar surface area (TPSA) is 40.7 Å². The highest BCUT2D eigenvalue weighted by molar-refractivity contribution is 4.86. The molecule has 0 aliphatic carbocycles. The van der Waals surface area contributed by atoms with Crippen LogP contribution in [0.25, 0.3) is 0 Å². The van der Waals surface area contributed by atoms with Crippen LogP contribution in [0.2, 0.25) is 0 Å². The van der Waals surface area contributed by atoms with Crippen LogP contribution in [0.5, 0.6) is 0 Å². The minimum Gasteiger partial charge on any atom is -0.349 e. The van der Waals surface area contributed by atoms with Gasteiger partial charge in [0.1, 0.15) is 5.82 Å². The Balaban J connectivity index is 1.98. The second-order valence-electron chi connectivity index (χ2n) is 4.76. The molecule has 0 amide bonds. The van der Waals surface area contributed by atoms with E-state index in [9.17, 15) is 0 Å². The van der Waals surface area contributed by atoms with Crippen LogP contribution in [0, 0.1) is 5.92 Å². The summed E-state index contributed by atoms with van der Waals surface area (Å²) in [7, 11) is 0. The molecule has 0 saturated carbocycles. The number of aromatic nitrogens is 2. The average Bonchev–Trinajstić information content (AvgIpc) is 2.85. The molecule has 1 aromatic rings. The minimum absolute atomic E-state index is 0.860. The Kier molecular flexibility index (Phi) is 7.72. The van der Waals surface area contributed by atoms with Crippen molar-refractivity contribution in [3.63, 3.8) is 0 Å². The van der Waals surface area contributed by atoms with E-state index in [1.54, 1.807) is 0 Å². The molecule has 0 aromatic carbocycles. The van der Waals surface area contributed by atoms with Gasteiger partial charge in [-0.2, -0.15) is 0 Å². The quantitative estimate of drug-likeness (QED) is 0.614. The molecule has 0 aliphatic heterocycles. The van der Waals surface area contributed by atoms with Gasteiger partial charge in [-0.3, -0.25) is 0 Å². The third-order valence-corrected chi connectivity index (χ3v) is 3.30. The van der Waals surface area contributed by atoms with Crippen molar-refractivity contribution < 1.29 is 0 Å². The normalized spacial score (nSPS) is 12.8. The molecule has 1 unspecified atom stereocenters. The predicted molar refractivity (Wildman–Crippen MR) is 73.1 cm³/mol. The first-order chi connectivity index (χ1) is 8.36. The van der Waals surface area contributed by atoms with E-state index in [-0.39, 0.29) is 0 Å². The van der Waals surface area contributed by atoms with E-state index in [0.717, 1.165) is 31.1 Å². The van der Waals surface area contributed by atoms with Gasteiger partial charge in [-0.25, -0.2) is 4.98 Å². The molecule has 98 valence electrons. The fourth-order valence-corrected chi connectivity index (χ4v) is 2.07. The van der Waals surface area contributed by atoms with Crippen LogP contribution in [0.4, 0.5) is 0 Å². The van der Waals surface area contributed by atoms with Gasteiger partial charge in [-0.1, -0.05) is 33.1 Å². The maximum atomic E-state index is 4.22. The number of nitrogens with zero attached hydrogens (tertiary/aromatic N) is 1. The molecule has 3 nitrogen and oxygen atoms in total. The largest absolute Gasteiger partial charge is 0.349 e. The first-order valence-corrected chi connectivity index (χ1v) is 7.05. The highest BCUT2D eigenvalue weighted by atomic mass is 14.9. The Morgan fingerprint density at radius 3 is 2.88 bits per heavy atom. The van der Waals surface area contributed by atoms with Crippen molar-refractivity contribution >= 4 is 0 Å². The predicted octanol–water partition coefficient (Wildman–Crippen LogP) is 3.15. The minimum atomic E-state index is 0.860. The van der Waals surface area contributed by atoms with Crippen molar-refractivity contribution in [2.75, 3.05) is 13.1 Å². The molecule has 1 atom stereocenters. The van der Waals surface area contributed by atoms with E-state index in [2.05, 4.69) is 29.1 Å². The van der Waals surface area contributed by atoms with E-state index >= 15 is 0 Å². The molecule has 3 heteroatoms. The van der Waals surface area contributed by atoms with Crippen LogP contribution in [0.1, 0.15) is 51.8 Å². The number of aromatic amines is 1. The zero-order valence-electron chi connectivity index (χ0n) is 11.3. The third-order valence-electron chi connectivity index (χ3n) is 3.30.